The van der Waals surface area contributed by atoms with Gasteiger partial charge in [-0.25, -0.2) is 14.8 Å². The van der Waals surface area contributed by atoms with Crippen molar-refractivity contribution in [3.05, 3.63) is 36.7 Å². The lowest BCUT2D eigenvalue weighted by molar-refractivity contribution is -0.274. The fourth-order valence-electron chi connectivity index (χ4n) is 3.84. The first-order valence-corrected chi connectivity index (χ1v) is 10.7. The first kappa shape index (κ1) is 22.9. The van der Waals surface area contributed by atoms with Crippen LogP contribution in [-0.2, 0) is 0 Å². The molecule has 1 N–H and O–H groups in total. The van der Waals surface area contributed by atoms with Crippen molar-refractivity contribution in [1.82, 2.24) is 19.8 Å². The smallest absolute Gasteiger partial charge is 0.404 e. The Balaban J connectivity index is 1.34. The minimum Gasteiger partial charge on any atom is -0.404 e. The minimum atomic E-state index is -4.84. The quantitative estimate of drug-likeness (QED) is 0.744. The third kappa shape index (κ3) is 5.95. The van der Waals surface area contributed by atoms with Crippen molar-refractivity contribution in [2.75, 3.05) is 74.5 Å². The van der Waals surface area contributed by atoms with Gasteiger partial charge in [0.1, 0.15) is 18.0 Å². The van der Waals surface area contributed by atoms with E-state index in [0.717, 1.165) is 43.9 Å². The summed E-state index contributed by atoms with van der Waals surface area (Å²) in [6.45, 7) is 5.67. The van der Waals surface area contributed by atoms with Gasteiger partial charge in [-0.05, 0) is 19.2 Å². The highest BCUT2D eigenvalue weighted by molar-refractivity contribution is 5.91. The fraction of sp³-hybridized carbons (Fsp3) is 0.476. The number of nitrogens with zero attached hydrogens (tertiary/aromatic N) is 6. The van der Waals surface area contributed by atoms with Gasteiger partial charge >= 0.3 is 12.4 Å². The topological polar surface area (TPSA) is 77.1 Å². The van der Waals surface area contributed by atoms with Gasteiger partial charge in [0, 0.05) is 58.4 Å². The lowest BCUT2D eigenvalue weighted by Gasteiger charge is -2.36. The van der Waals surface area contributed by atoms with Crippen molar-refractivity contribution in [3.63, 3.8) is 0 Å². The fourth-order valence-corrected chi connectivity index (χ4v) is 3.84. The molecule has 1 aromatic heterocycles. The molecule has 178 valence electrons. The molecule has 0 saturated carbocycles. The Morgan fingerprint density at radius 2 is 1.52 bits per heavy atom. The van der Waals surface area contributed by atoms with Crippen LogP contribution in [0, 0.1) is 0 Å². The molecule has 4 rings (SSSR count). The van der Waals surface area contributed by atoms with Crippen molar-refractivity contribution in [2.45, 2.75) is 6.36 Å². The van der Waals surface area contributed by atoms with Crippen molar-refractivity contribution < 1.29 is 22.7 Å². The summed E-state index contributed by atoms with van der Waals surface area (Å²) in [6.07, 6.45) is -3.29. The molecule has 0 radical (unpaired) electrons. The van der Waals surface area contributed by atoms with Crippen LogP contribution in [0.5, 0.6) is 5.75 Å². The molecule has 12 heteroatoms. The number of halogens is 3. The van der Waals surface area contributed by atoms with Crippen LogP contribution < -0.4 is 19.9 Å². The van der Waals surface area contributed by atoms with E-state index in [2.05, 4.69) is 41.8 Å². The summed E-state index contributed by atoms with van der Waals surface area (Å²) in [5.74, 6) is 1.23. The van der Waals surface area contributed by atoms with Gasteiger partial charge in [0.15, 0.2) is 5.75 Å². The van der Waals surface area contributed by atoms with E-state index in [1.807, 2.05) is 6.07 Å². The molecule has 2 aromatic rings. The highest BCUT2D eigenvalue weighted by Gasteiger charge is 2.32. The molecule has 2 saturated heterocycles. The van der Waals surface area contributed by atoms with Crippen molar-refractivity contribution >= 4 is 23.4 Å². The molecule has 2 aliphatic rings. The highest BCUT2D eigenvalue weighted by atomic mass is 19.4. The highest BCUT2D eigenvalue weighted by Crippen LogP contribution is 2.30. The molecular formula is C21H26F3N7O2. The molecule has 0 bridgehead atoms. The molecule has 2 fully saturated rings. The molecule has 0 atom stereocenters. The van der Waals surface area contributed by atoms with Gasteiger partial charge in [-0.15, -0.1) is 13.2 Å². The Labute approximate surface area is 189 Å². The number of hydrogen-bond acceptors (Lipinski definition) is 7. The second kappa shape index (κ2) is 9.69. The Morgan fingerprint density at radius 3 is 2.12 bits per heavy atom. The number of anilines is 3. The number of hydrogen-bond donors (Lipinski definition) is 1. The molecule has 0 spiro atoms. The summed E-state index contributed by atoms with van der Waals surface area (Å²) in [6, 6.07) is 6.96. The summed E-state index contributed by atoms with van der Waals surface area (Å²) in [5.41, 5.74) is -0.0325. The van der Waals surface area contributed by atoms with E-state index in [-0.39, 0.29) is 5.69 Å². The number of alkyl halides is 3. The van der Waals surface area contributed by atoms with Gasteiger partial charge in [0.25, 0.3) is 0 Å². The SMILES string of the molecule is CN1CCN(c2cc(N3CCN(C(=O)Nc4ccccc4OC(F)(F)F)CC3)ncn2)CC1. The van der Waals surface area contributed by atoms with Crippen molar-refractivity contribution in [3.8, 4) is 5.75 Å². The standard InChI is InChI=1S/C21H26F3N7O2/c1-28-6-8-29(9-7-28)18-14-19(26-15-25-18)30-10-12-31(13-11-30)20(32)27-16-4-2-3-5-17(16)33-21(22,23)24/h2-5,14-15H,6-13H2,1H3,(H,27,32). The second-order valence-corrected chi connectivity index (χ2v) is 7.97. The average molecular weight is 465 g/mol. The number of carbonyl (C=O) groups is 1. The number of nitrogens with one attached hydrogen (secondary N) is 1. The van der Waals surface area contributed by atoms with Crippen LogP contribution in [0.1, 0.15) is 0 Å². The van der Waals surface area contributed by atoms with E-state index in [9.17, 15) is 18.0 Å². The normalized spacial score (nSPS) is 17.8. The van der Waals surface area contributed by atoms with Gasteiger partial charge in [0.05, 0.1) is 5.69 Å². The molecule has 2 aliphatic heterocycles. The van der Waals surface area contributed by atoms with E-state index in [4.69, 9.17) is 0 Å². The summed E-state index contributed by atoms with van der Waals surface area (Å²) in [7, 11) is 2.10. The minimum absolute atomic E-state index is 0.0325. The zero-order chi connectivity index (χ0) is 23.4. The molecule has 0 unspecified atom stereocenters. The first-order valence-electron chi connectivity index (χ1n) is 10.7. The summed E-state index contributed by atoms with van der Waals surface area (Å²) < 4.78 is 41.8. The predicted molar refractivity (Wildman–Crippen MR) is 118 cm³/mol. The molecule has 1 aromatic carbocycles. The van der Waals surface area contributed by atoms with Crippen molar-refractivity contribution in [1.29, 1.82) is 0 Å². The summed E-state index contributed by atoms with van der Waals surface area (Å²) in [4.78, 5) is 29.6. The summed E-state index contributed by atoms with van der Waals surface area (Å²) >= 11 is 0. The van der Waals surface area contributed by atoms with E-state index < -0.39 is 18.1 Å². The number of ether oxygens (including phenoxy) is 1. The van der Waals surface area contributed by atoms with Crippen LogP contribution >= 0.6 is 0 Å². The summed E-state index contributed by atoms with van der Waals surface area (Å²) in [5, 5.41) is 2.52. The number of benzene rings is 1. The van der Waals surface area contributed by atoms with Crippen LogP contribution in [0.15, 0.2) is 36.7 Å². The lowest BCUT2D eigenvalue weighted by atomic mass is 10.3. The van der Waals surface area contributed by atoms with E-state index in [0.29, 0.717) is 26.2 Å². The first-order chi connectivity index (χ1) is 15.8. The van der Waals surface area contributed by atoms with Gasteiger partial charge in [-0.2, -0.15) is 0 Å². The number of rotatable bonds is 4. The molecule has 0 aliphatic carbocycles. The molecule has 9 nitrogen and oxygen atoms in total. The monoisotopic (exact) mass is 465 g/mol. The van der Waals surface area contributed by atoms with Gasteiger partial charge in [0.2, 0.25) is 0 Å². The predicted octanol–water partition coefficient (Wildman–Crippen LogP) is 2.48. The second-order valence-electron chi connectivity index (χ2n) is 7.97. The van der Waals surface area contributed by atoms with E-state index in [1.165, 1.54) is 18.2 Å². The van der Waals surface area contributed by atoms with Gasteiger partial charge < -0.3 is 29.7 Å². The number of urea groups is 1. The largest absolute Gasteiger partial charge is 0.573 e. The number of amides is 2. The maximum absolute atomic E-state index is 12.6. The zero-order valence-electron chi connectivity index (χ0n) is 18.3. The number of piperazine rings is 2. The number of aromatic nitrogens is 2. The molecule has 33 heavy (non-hydrogen) atoms. The molecule has 2 amide bonds. The Kier molecular flexibility index (Phi) is 6.72. The third-order valence-electron chi connectivity index (χ3n) is 5.71. The lowest BCUT2D eigenvalue weighted by Crippen LogP contribution is -2.50. The Bertz CT molecular complexity index is 959. The van der Waals surface area contributed by atoms with Crippen molar-refractivity contribution in [2.24, 2.45) is 0 Å². The number of carbonyl (C=O) groups excluding carboxylic acids is 1. The van der Waals surface area contributed by atoms with Gasteiger partial charge in [-0.3, -0.25) is 0 Å². The number of para-hydroxylation sites is 2. The van der Waals surface area contributed by atoms with Crippen LogP contribution in [-0.4, -0.2) is 91.6 Å². The maximum Gasteiger partial charge on any atom is 0.573 e. The maximum atomic E-state index is 12.6. The Hall–Kier alpha value is -3.28. The van der Waals surface area contributed by atoms with E-state index in [1.54, 1.807) is 11.2 Å². The van der Waals surface area contributed by atoms with Crippen LogP contribution in [0.4, 0.5) is 35.3 Å². The third-order valence-corrected chi connectivity index (χ3v) is 5.71. The molecule has 3 heterocycles. The van der Waals surface area contributed by atoms with Crippen LogP contribution in [0.3, 0.4) is 0 Å². The van der Waals surface area contributed by atoms with Gasteiger partial charge in [-0.1, -0.05) is 12.1 Å². The van der Waals surface area contributed by atoms with Crippen LogP contribution in [0.2, 0.25) is 0 Å². The van der Waals surface area contributed by atoms with Crippen LogP contribution in [0.25, 0.3) is 0 Å². The Morgan fingerprint density at radius 1 is 0.939 bits per heavy atom. The average Bonchev–Trinajstić information content (AvgIpc) is 2.80. The number of likely N-dealkylation sites (N-methyl/N-ethyl adjacent to an activating group) is 1. The van der Waals surface area contributed by atoms with E-state index >= 15 is 0 Å². The zero-order valence-corrected chi connectivity index (χ0v) is 18.3. The molecular weight excluding hydrogens is 439 g/mol.